The van der Waals surface area contributed by atoms with Crippen LogP contribution < -0.4 is 5.32 Å². The van der Waals surface area contributed by atoms with Crippen molar-refractivity contribution in [1.29, 1.82) is 0 Å². The van der Waals surface area contributed by atoms with Gasteiger partial charge < -0.3 is 10.2 Å². The van der Waals surface area contributed by atoms with Crippen LogP contribution in [0.15, 0.2) is 18.5 Å². The van der Waals surface area contributed by atoms with Gasteiger partial charge in [-0.2, -0.15) is 5.10 Å². The zero-order chi connectivity index (χ0) is 12.4. The van der Waals surface area contributed by atoms with Crippen molar-refractivity contribution in [3.05, 3.63) is 18.5 Å². The molecule has 0 radical (unpaired) electrons. The highest BCUT2D eigenvalue weighted by atomic mass is 35.5. The summed E-state index contributed by atoms with van der Waals surface area (Å²) in [7, 11) is 0. The lowest BCUT2D eigenvalue weighted by atomic mass is 9.88. The second kappa shape index (κ2) is 6.25. The Morgan fingerprint density at radius 2 is 2.37 bits per heavy atom. The molecule has 1 aromatic heterocycles. The smallest absolute Gasteiger partial charge is 0.0646 e. The molecular formula is C14H25ClN4. The lowest BCUT2D eigenvalue weighted by molar-refractivity contribution is 0.119. The maximum atomic E-state index is 4.40. The van der Waals surface area contributed by atoms with E-state index in [9.17, 15) is 0 Å². The topological polar surface area (TPSA) is 33.1 Å². The summed E-state index contributed by atoms with van der Waals surface area (Å²) in [5.74, 6) is 0. The molecule has 3 rings (SSSR count). The summed E-state index contributed by atoms with van der Waals surface area (Å²) in [6.07, 6.45) is 7.88. The third-order valence-corrected chi connectivity index (χ3v) is 4.44. The highest BCUT2D eigenvalue weighted by molar-refractivity contribution is 5.85. The van der Waals surface area contributed by atoms with Crippen LogP contribution >= 0.6 is 12.4 Å². The van der Waals surface area contributed by atoms with Crippen LogP contribution in [0.2, 0.25) is 0 Å². The van der Waals surface area contributed by atoms with Crippen molar-refractivity contribution in [1.82, 2.24) is 20.0 Å². The number of rotatable bonds is 3. The molecule has 108 valence electrons. The predicted molar refractivity (Wildman–Crippen MR) is 79.8 cm³/mol. The Bertz CT molecular complexity index is 373. The van der Waals surface area contributed by atoms with E-state index >= 15 is 0 Å². The monoisotopic (exact) mass is 284 g/mol. The Labute approximate surface area is 122 Å². The first-order chi connectivity index (χ1) is 8.75. The molecule has 3 heterocycles. The van der Waals surface area contributed by atoms with E-state index in [1.54, 1.807) is 0 Å². The summed E-state index contributed by atoms with van der Waals surface area (Å²) in [6.45, 7) is 8.44. The van der Waals surface area contributed by atoms with Crippen LogP contribution in [0.1, 0.15) is 32.2 Å². The molecule has 0 amide bonds. The van der Waals surface area contributed by atoms with Gasteiger partial charge >= 0.3 is 0 Å². The van der Waals surface area contributed by atoms with E-state index in [4.69, 9.17) is 0 Å². The summed E-state index contributed by atoms with van der Waals surface area (Å²) in [5.41, 5.74) is 0.478. The fraction of sp³-hybridized carbons (Fsp3) is 0.786. The molecule has 19 heavy (non-hydrogen) atoms. The molecule has 0 aliphatic carbocycles. The number of halogens is 1. The summed E-state index contributed by atoms with van der Waals surface area (Å²) in [4.78, 5) is 2.64. The van der Waals surface area contributed by atoms with E-state index in [1.807, 2.05) is 12.3 Å². The van der Waals surface area contributed by atoms with Crippen LogP contribution in [0.3, 0.4) is 0 Å². The van der Waals surface area contributed by atoms with E-state index in [2.05, 4.69) is 33.1 Å². The van der Waals surface area contributed by atoms with Crippen LogP contribution in [0.25, 0.3) is 0 Å². The molecule has 0 bridgehead atoms. The number of likely N-dealkylation sites (tertiary alicyclic amines) is 1. The maximum absolute atomic E-state index is 4.40. The molecule has 2 aliphatic rings. The van der Waals surface area contributed by atoms with Crippen molar-refractivity contribution in [2.75, 3.05) is 32.7 Å². The maximum Gasteiger partial charge on any atom is 0.0646 e. The Balaban J connectivity index is 0.00000133. The molecule has 2 atom stereocenters. The highest BCUT2D eigenvalue weighted by Crippen LogP contribution is 2.29. The molecule has 2 saturated heterocycles. The van der Waals surface area contributed by atoms with Gasteiger partial charge in [-0.25, -0.2) is 0 Å². The molecule has 4 nitrogen and oxygen atoms in total. The van der Waals surface area contributed by atoms with Crippen molar-refractivity contribution in [2.24, 2.45) is 5.41 Å². The lowest BCUT2D eigenvalue weighted by Crippen LogP contribution is -2.43. The minimum absolute atomic E-state index is 0. The molecule has 2 aliphatic heterocycles. The molecule has 0 saturated carbocycles. The minimum atomic E-state index is 0. The minimum Gasteiger partial charge on any atom is -0.316 e. The summed E-state index contributed by atoms with van der Waals surface area (Å²) < 4.78 is 2.14. The van der Waals surface area contributed by atoms with E-state index in [1.165, 1.54) is 45.4 Å². The van der Waals surface area contributed by atoms with Gasteiger partial charge in [0.05, 0.1) is 6.04 Å². The van der Waals surface area contributed by atoms with Gasteiger partial charge in [-0.3, -0.25) is 4.68 Å². The Morgan fingerprint density at radius 1 is 1.47 bits per heavy atom. The predicted octanol–water partition coefficient (Wildman–Crippen LogP) is 1.94. The first-order valence-corrected chi connectivity index (χ1v) is 7.17. The van der Waals surface area contributed by atoms with Crippen LogP contribution in [0, 0.1) is 5.41 Å². The molecule has 1 aromatic rings. The number of nitrogens with one attached hydrogen (secondary N) is 1. The molecule has 1 N–H and O–H groups in total. The zero-order valence-corrected chi connectivity index (χ0v) is 12.5. The highest BCUT2D eigenvalue weighted by Gasteiger charge is 2.32. The number of hydrogen-bond donors (Lipinski definition) is 1. The van der Waals surface area contributed by atoms with Crippen molar-refractivity contribution in [2.45, 2.75) is 32.2 Å². The van der Waals surface area contributed by atoms with Crippen molar-refractivity contribution in [3.63, 3.8) is 0 Å². The van der Waals surface area contributed by atoms with Gasteiger partial charge in [0.25, 0.3) is 0 Å². The van der Waals surface area contributed by atoms with E-state index in [-0.39, 0.29) is 12.4 Å². The Morgan fingerprint density at radius 3 is 3.05 bits per heavy atom. The van der Waals surface area contributed by atoms with Gasteiger partial charge in [-0.15, -0.1) is 12.4 Å². The van der Waals surface area contributed by atoms with Gasteiger partial charge in [-0.1, -0.05) is 6.92 Å². The van der Waals surface area contributed by atoms with Crippen molar-refractivity contribution < 1.29 is 0 Å². The van der Waals surface area contributed by atoms with Crippen LogP contribution in [-0.2, 0) is 0 Å². The zero-order valence-electron chi connectivity index (χ0n) is 11.7. The average molecular weight is 285 g/mol. The third kappa shape index (κ3) is 3.50. The van der Waals surface area contributed by atoms with Gasteiger partial charge in [0.2, 0.25) is 0 Å². The largest absolute Gasteiger partial charge is 0.316 e. The number of hydrogen-bond acceptors (Lipinski definition) is 3. The fourth-order valence-corrected chi connectivity index (χ4v) is 3.43. The summed E-state index contributed by atoms with van der Waals surface area (Å²) >= 11 is 0. The fourth-order valence-electron chi connectivity index (χ4n) is 3.43. The lowest BCUT2D eigenvalue weighted by Gasteiger charge is -2.37. The standard InChI is InChI=1S/C14H24N4.ClH/c1-14(5-7-15-11-14)12-17-8-2-4-13(10-17)18-9-3-6-16-18;/h3,6,9,13,15H,2,4-5,7-8,10-12H2,1H3;1H. The molecule has 2 fully saturated rings. The number of aromatic nitrogens is 2. The summed E-state index contributed by atoms with van der Waals surface area (Å²) in [6, 6.07) is 2.60. The first kappa shape index (κ1) is 14.8. The quantitative estimate of drug-likeness (QED) is 0.921. The molecule has 5 heteroatoms. The normalized spacial score (nSPS) is 32.2. The van der Waals surface area contributed by atoms with Crippen LogP contribution in [-0.4, -0.2) is 47.4 Å². The van der Waals surface area contributed by atoms with Gasteiger partial charge in [0, 0.05) is 32.0 Å². The van der Waals surface area contributed by atoms with Crippen molar-refractivity contribution >= 4 is 12.4 Å². The van der Waals surface area contributed by atoms with E-state index in [0.717, 1.165) is 6.54 Å². The van der Waals surface area contributed by atoms with E-state index < -0.39 is 0 Å². The van der Waals surface area contributed by atoms with Crippen LogP contribution in [0.5, 0.6) is 0 Å². The SMILES string of the molecule is CC1(CN2CCCC(n3cccn3)C2)CCNC1.Cl. The number of nitrogens with zero attached hydrogens (tertiary/aromatic N) is 3. The second-order valence-corrected chi connectivity index (χ2v) is 6.25. The molecular weight excluding hydrogens is 260 g/mol. The van der Waals surface area contributed by atoms with Gasteiger partial charge in [0.1, 0.15) is 0 Å². The molecule has 2 unspecified atom stereocenters. The third-order valence-electron chi connectivity index (χ3n) is 4.44. The second-order valence-electron chi connectivity index (χ2n) is 6.25. The average Bonchev–Trinajstić information content (AvgIpc) is 3.01. The Kier molecular flexibility index (Phi) is 4.87. The molecule has 0 spiro atoms. The Hall–Kier alpha value is -0.580. The van der Waals surface area contributed by atoms with Gasteiger partial charge in [-0.05, 0) is 43.8 Å². The van der Waals surface area contributed by atoms with E-state index in [0.29, 0.717) is 11.5 Å². The molecule has 0 aromatic carbocycles. The first-order valence-electron chi connectivity index (χ1n) is 7.17. The summed E-state index contributed by atoms with van der Waals surface area (Å²) in [5, 5.41) is 7.90. The van der Waals surface area contributed by atoms with Crippen molar-refractivity contribution in [3.8, 4) is 0 Å². The number of piperidine rings is 1. The van der Waals surface area contributed by atoms with Crippen LogP contribution in [0.4, 0.5) is 0 Å². The van der Waals surface area contributed by atoms with Gasteiger partial charge in [0.15, 0.2) is 0 Å².